The molecule has 2 rings (SSSR count). The van der Waals surface area contributed by atoms with E-state index in [1.807, 2.05) is 37.3 Å². The van der Waals surface area contributed by atoms with Crippen molar-refractivity contribution in [3.63, 3.8) is 0 Å². The zero-order valence-corrected chi connectivity index (χ0v) is 16.0. The Labute approximate surface area is 163 Å². The van der Waals surface area contributed by atoms with E-state index in [0.717, 1.165) is 11.6 Å². The molecular formula is C20H26N2O6. The van der Waals surface area contributed by atoms with Crippen LogP contribution in [0.5, 0.6) is 0 Å². The van der Waals surface area contributed by atoms with Gasteiger partial charge in [-0.2, -0.15) is 0 Å². The summed E-state index contributed by atoms with van der Waals surface area (Å²) in [7, 11) is 0. The predicted octanol–water partition coefficient (Wildman–Crippen LogP) is 0.701. The Morgan fingerprint density at radius 3 is 2.43 bits per heavy atom. The molecule has 152 valence electrons. The Morgan fingerprint density at radius 2 is 1.86 bits per heavy atom. The van der Waals surface area contributed by atoms with Gasteiger partial charge in [-0.05, 0) is 24.5 Å². The smallest absolute Gasteiger partial charge is 0.370 e. The van der Waals surface area contributed by atoms with Crippen molar-refractivity contribution in [2.45, 2.75) is 44.9 Å². The van der Waals surface area contributed by atoms with Gasteiger partial charge in [-0.15, -0.1) is 0 Å². The van der Waals surface area contributed by atoms with E-state index >= 15 is 0 Å². The fraction of sp³-hybridized carbons (Fsp3) is 0.450. The van der Waals surface area contributed by atoms with Crippen molar-refractivity contribution < 1.29 is 29.3 Å². The van der Waals surface area contributed by atoms with Crippen molar-refractivity contribution in [1.29, 1.82) is 0 Å². The summed E-state index contributed by atoms with van der Waals surface area (Å²) in [6.07, 6.45) is -0.371. The third kappa shape index (κ3) is 5.56. The van der Waals surface area contributed by atoms with Gasteiger partial charge in [0.15, 0.2) is 6.10 Å². The van der Waals surface area contributed by atoms with Crippen LogP contribution in [0.3, 0.4) is 0 Å². The molecule has 8 nitrogen and oxygen atoms in total. The third-order valence-electron chi connectivity index (χ3n) is 4.41. The third-order valence-corrected chi connectivity index (χ3v) is 4.41. The number of nitrogens with one attached hydrogen (secondary N) is 1. The normalized spacial score (nSPS) is 21.2. The average Bonchev–Trinajstić information content (AvgIpc) is 2.66. The summed E-state index contributed by atoms with van der Waals surface area (Å²) >= 11 is 0. The van der Waals surface area contributed by atoms with Crippen molar-refractivity contribution in [3.8, 4) is 0 Å². The standard InChI is InChI=1S/C20H26N2O6/c1-3-10-22(11-9-14-7-5-4-6-8-14)19(25)18-17(21-13(2)23)15(24)12-16(28-18)20(26)27/h4-8,12,15,17-18,24H,3,9-11H2,1-2H3,(H,21,23)(H,26,27)/t15-,17+,18+/m0/s1. The van der Waals surface area contributed by atoms with Crippen LogP contribution in [0.15, 0.2) is 42.2 Å². The Morgan fingerprint density at radius 1 is 1.18 bits per heavy atom. The molecule has 3 N–H and O–H groups in total. The molecule has 28 heavy (non-hydrogen) atoms. The van der Waals surface area contributed by atoms with E-state index in [0.29, 0.717) is 25.9 Å². The molecule has 2 amide bonds. The van der Waals surface area contributed by atoms with E-state index < -0.39 is 41.8 Å². The highest BCUT2D eigenvalue weighted by Gasteiger charge is 2.42. The van der Waals surface area contributed by atoms with E-state index in [-0.39, 0.29) is 0 Å². The molecule has 1 aliphatic heterocycles. The molecule has 1 aromatic carbocycles. The number of nitrogens with zero attached hydrogens (tertiary/aromatic N) is 1. The van der Waals surface area contributed by atoms with Gasteiger partial charge in [0, 0.05) is 20.0 Å². The highest BCUT2D eigenvalue weighted by atomic mass is 16.5. The number of carboxylic acid groups (broad SMARTS) is 1. The fourth-order valence-electron chi connectivity index (χ4n) is 3.10. The van der Waals surface area contributed by atoms with Gasteiger partial charge in [0.1, 0.15) is 12.1 Å². The maximum atomic E-state index is 13.1. The topological polar surface area (TPSA) is 116 Å². The molecule has 0 aromatic heterocycles. The van der Waals surface area contributed by atoms with Crippen LogP contribution in [0.1, 0.15) is 25.8 Å². The molecule has 1 heterocycles. The Kier molecular flexibility index (Phi) is 7.57. The van der Waals surface area contributed by atoms with Crippen LogP contribution in [0.4, 0.5) is 0 Å². The first kappa shape index (κ1) is 21.4. The first-order chi connectivity index (χ1) is 13.3. The molecule has 3 atom stereocenters. The van der Waals surface area contributed by atoms with Gasteiger partial charge in [-0.3, -0.25) is 9.59 Å². The second-order valence-electron chi connectivity index (χ2n) is 6.65. The van der Waals surface area contributed by atoms with Crippen LogP contribution < -0.4 is 5.32 Å². The number of carbonyl (C=O) groups excluding carboxylic acids is 2. The number of hydrogen-bond acceptors (Lipinski definition) is 5. The number of aliphatic carboxylic acids is 1. The lowest BCUT2D eigenvalue weighted by molar-refractivity contribution is -0.151. The summed E-state index contributed by atoms with van der Waals surface area (Å²) in [6.45, 7) is 4.03. The largest absolute Gasteiger partial charge is 0.475 e. The first-order valence-electron chi connectivity index (χ1n) is 9.23. The lowest BCUT2D eigenvalue weighted by Crippen LogP contribution is -2.59. The molecule has 0 bridgehead atoms. The summed E-state index contributed by atoms with van der Waals surface area (Å²) in [6, 6.07) is 8.59. The van der Waals surface area contributed by atoms with E-state index in [9.17, 15) is 24.6 Å². The fourth-order valence-corrected chi connectivity index (χ4v) is 3.10. The average molecular weight is 390 g/mol. The maximum absolute atomic E-state index is 13.1. The van der Waals surface area contributed by atoms with Crippen LogP contribution in [0.2, 0.25) is 0 Å². The molecule has 0 saturated heterocycles. The molecule has 0 saturated carbocycles. The van der Waals surface area contributed by atoms with Crippen LogP contribution in [-0.4, -0.2) is 64.2 Å². The molecule has 1 aromatic rings. The molecule has 0 spiro atoms. The van der Waals surface area contributed by atoms with Crippen LogP contribution in [0, 0.1) is 0 Å². The van der Waals surface area contributed by atoms with E-state index in [1.54, 1.807) is 4.90 Å². The van der Waals surface area contributed by atoms with Gasteiger partial charge in [0.2, 0.25) is 11.7 Å². The number of amides is 2. The minimum Gasteiger partial charge on any atom is -0.475 e. The summed E-state index contributed by atoms with van der Waals surface area (Å²) in [5.41, 5.74) is 1.06. The molecular weight excluding hydrogens is 364 g/mol. The Balaban J connectivity index is 2.21. The van der Waals surface area contributed by atoms with E-state index in [1.165, 1.54) is 6.92 Å². The number of rotatable bonds is 8. The van der Waals surface area contributed by atoms with Crippen LogP contribution in [-0.2, 0) is 25.5 Å². The second-order valence-corrected chi connectivity index (χ2v) is 6.65. The number of aliphatic hydroxyl groups excluding tert-OH is 1. The van der Waals surface area contributed by atoms with Gasteiger partial charge < -0.3 is 25.2 Å². The van der Waals surface area contributed by atoms with Crippen molar-refractivity contribution in [2.75, 3.05) is 13.1 Å². The van der Waals surface area contributed by atoms with E-state index in [4.69, 9.17) is 4.74 Å². The van der Waals surface area contributed by atoms with Crippen molar-refractivity contribution in [1.82, 2.24) is 10.2 Å². The monoisotopic (exact) mass is 390 g/mol. The Bertz CT molecular complexity index is 733. The maximum Gasteiger partial charge on any atom is 0.370 e. The highest BCUT2D eigenvalue weighted by molar-refractivity contribution is 5.88. The lowest BCUT2D eigenvalue weighted by atomic mass is 9.99. The number of aliphatic hydroxyl groups is 1. The van der Waals surface area contributed by atoms with Gasteiger partial charge in [0.25, 0.3) is 5.91 Å². The zero-order chi connectivity index (χ0) is 20.7. The minimum atomic E-state index is -1.38. The highest BCUT2D eigenvalue weighted by Crippen LogP contribution is 2.21. The van der Waals surface area contributed by atoms with Crippen LogP contribution in [0.25, 0.3) is 0 Å². The summed E-state index contributed by atoms with van der Waals surface area (Å²) < 4.78 is 5.37. The van der Waals surface area contributed by atoms with Gasteiger partial charge in [-0.25, -0.2) is 4.79 Å². The van der Waals surface area contributed by atoms with Gasteiger partial charge in [0.05, 0.1) is 0 Å². The summed E-state index contributed by atoms with van der Waals surface area (Å²) in [4.78, 5) is 37.5. The molecule has 0 aliphatic carbocycles. The van der Waals surface area contributed by atoms with Crippen molar-refractivity contribution in [2.24, 2.45) is 0 Å². The zero-order valence-electron chi connectivity index (χ0n) is 16.0. The number of carboxylic acids is 1. The molecule has 0 unspecified atom stereocenters. The number of ether oxygens (including phenoxy) is 1. The van der Waals surface area contributed by atoms with E-state index in [2.05, 4.69) is 5.32 Å². The van der Waals surface area contributed by atoms with Gasteiger partial charge >= 0.3 is 5.97 Å². The molecule has 1 aliphatic rings. The number of carbonyl (C=O) groups is 3. The summed E-state index contributed by atoms with van der Waals surface area (Å²) in [5, 5.41) is 22.0. The van der Waals surface area contributed by atoms with Crippen molar-refractivity contribution >= 4 is 17.8 Å². The van der Waals surface area contributed by atoms with Crippen molar-refractivity contribution in [3.05, 3.63) is 47.7 Å². The molecule has 0 fully saturated rings. The second kappa shape index (κ2) is 9.89. The lowest BCUT2D eigenvalue weighted by Gasteiger charge is -2.36. The predicted molar refractivity (Wildman–Crippen MR) is 101 cm³/mol. The molecule has 0 radical (unpaired) electrons. The number of benzene rings is 1. The summed E-state index contributed by atoms with van der Waals surface area (Å²) in [5.74, 6) is -2.82. The quantitative estimate of drug-likeness (QED) is 0.602. The molecule has 8 heteroatoms. The first-order valence-corrected chi connectivity index (χ1v) is 9.23. The number of hydrogen-bond donors (Lipinski definition) is 3. The minimum absolute atomic E-state index is 0.408. The Hall–Kier alpha value is -2.87. The van der Waals surface area contributed by atoms with Gasteiger partial charge in [-0.1, -0.05) is 37.3 Å². The SMILES string of the molecule is CCCN(CCc1ccccc1)C(=O)[C@@H]1OC(C(=O)O)=C[C@H](O)[C@H]1NC(C)=O. The van der Waals surface area contributed by atoms with Crippen LogP contribution >= 0.6 is 0 Å².